The summed E-state index contributed by atoms with van der Waals surface area (Å²) in [4.78, 5) is 7.04. The molecule has 1 aliphatic heterocycles. The van der Waals surface area contributed by atoms with Gasteiger partial charge in [0.05, 0.1) is 10.7 Å². The average Bonchev–Trinajstić information content (AvgIpc) is 2.94. The van der Waals surface area contributed by atoms with E-state index in [1.54, 1.807) is 11.3 Å². The summed E-state index contributed by atoms with van der Waals surface area (Å²) in [5.74, 6) is 0.917. The van der Waals surface area contributed by atoms with Crippen LogP contribution >= 0.6 is 22.9 Å². The highest BCUT2D eigenvalue weighted by Crippen LogP contribution is 2.21. The molecule has 0 unspecified atom stereocenters. The molecular formula is C17H21ClN2OS. The first kappa shape index (κ1) is 15.8. The highest BCUT2D eigenvalue weighted by atomic mass is 35.5. The molecular weight excluding hydrogens is 316 g/mol. The van der Waals surface area contributed by atoms with Crippen molar-refractivity contribution in [2.45, 2.75) is 32.3 Å². The second-order valence-corrected chi connectivity index (χ2v) is 7.22. The SMILES string of the molecule is Cc1nc(CCN2CCC(Oc3ccc(Cl)cc3)CC2)cs1. The van der Waals surface area contributed by atoms with Crippen LogP contribution in [-0.4, -0.2) is 35.6 Å². The Balaban J connectivity index is 1.41. The van der Waals surface area contributed by atoms with Crippen LogP contribution in [0.15, 0.2) is 29.6 Å². The molecule has 1 fully saturated rings. The topological polar surface area (TPSA) is 25.4 Å². The maximum Gasteiger partial charge on any atom is 0.119 e. The van der Waals surface area contributed by atoms with Crippen molar-refractivity contribution in [1.82, 2.24) is 9.88 Å². The van der Waals surface area contributed by atoms with Crippen molar-refractivity contribution in [3.05, 3.63) is 45.4 Å². The first-order chi connectivity index (χ1) is 10.7. The molecule has 1 aromatic heterocycles. The Morgan fingerprint density at radius 2 is 2.00 bits per heavy atom. The third-order valence-electron chi connectivity index (χ3n) is 4.00. The van der Waals surface area contributed by atoms with E-state index in [1.807, 2.05) is 24.3 Å². The standard InChI is InChI=1S/C17H21ClN2OS/c1-13-19-15(12-22-13)6-9-20-10-7-17(8-11-20)21-16-4-2-14(18)3-5-16/h2-5,12,17H,6-11H2,1H3. The van der Waals surface area contributed by atoms with Gasteiger partial charge in [0, 0.05) is 36.5 Å². The number of hydrogen-bond acceptors (Lipinski definition) is 4. The van der Waals surface area contributed by atoms with Crippen LogP contribution in [-0.2, 0) is 6.42 Å². The van der Waals surface area contributed by atoms with Gasteiger partial charge in [-0.1, -0.05) is 11.6 Å². The number of aryl methyl sites for hydroxylation is 1. The zero-order chi connectivity index (χ0) is 15.4. The van der Waals surface area contributed by atoms with E-state index >= 15 is 0 Å². The number of nitrogens with zero attached hydrogens (tertiary/aromatic N) is 2. The van der Waals surface area contributed by atoms with E-state index in [1.165, 1.54) is 5.69 Å². The molecule has 0 bridgehead atoms. The van der Waals surface area contributed by atoms with Gasteiger partial charge in [-0.15, -0.1) is 11.3 Å². The molecule has 0 aliphatic carbocycles. The first-order valence-corrected chi connectivity index (χ1v) is 9.00. The van der Waals surface area contributed by atoms with Gasteiger partial charge < -0.3 is 9.64 Å². The summed E-state index contributed by atoms with van der Waals surface area (Å²) >= 11 is 7.63. The fourth-order valence-electron chi connectivity index (χ4n) is 2.75. The van der Waals surface area contributed by atoms with Crippen molar-refractivity contribution in [1.29, 1.82) is 0 Å². The third-order valence-corrected chi connectivity index (χ3v) is 5.08. The van der Waals surface area contributed by atoms with Crippen LogP contribution in [0.3, 0.4) is 0 Å². The predicted octanol–water partition coefficient (Wildman–Crippen LogP) is 4.19. The fourth-order valence-corrected chi connectivity index (χ4v) is 3.53. The van der Waals surface area contributed by atoms with Crippen molar-refractivity contribution < 1.29 is 4.74 Å². The van der Waals surface area contributed by atoms with Gasteiger partial charge in [-0.25, -0.2) is 4.98 Å². The molecule has 0 N–H and O–H groups in total. The molecule has 118 valence electrons. The number of hydrogen-bond donors (Lipinski definition) is 0. The van der Waals surface area contributed by atoms with Crippen LogP contribution in [0.4, 0.5) is 0 Å². The summed E-state index contributed by atoms with van der Waals surface area (Å²) in [5, 5.41) is 4.08. The normalized spacial score (nSPS) is 16.8. The Hall–Kier alpha value is -1.10. The van der Waals surface area contributed by atoms with Crippen LogP contribution in [0.25, 0.3) is 0 Å². The lowest BCUT2D eigenvalue weighted by Crippen LogP contribution is -2.39. The first-order valence-electron chi connectivity index (χ1n) is 7.74. The molecule has 0 amide bonds. The number of thiazole rings is 1. The minimum atomic E-state index is 0.318. The lowest BCUT2D eigenvalue weighted by molar-refractivity contribution is 0.101. The van der Waals surface area contributed by atoms with Crippen molar-refractivity contribution >= 4 is 22.9 Å². The molecule has 0 spiro atoms. The molecule has 3 rings (SSSR count). The number of likely N-dealkylation sites (tertiary alicyclic amines) is 1. The van der Waals surface area contributed by atoms with Crippen LogP contribution in [0.5, 0.6) is 5.75 Å². The summed E-state index contributed by atoms with van der Waals surface area (Å²) in [7, 11) is 0. The smallest absolute Gasteiger partial charge is 0.119 e. The van der Waals surface area contributed by atoms with Crippen LogP contribution in [0.1, 0.15) is 23.5 Å². The summed E-state index contributed by atoms with van der Waals surface area (Å²) in [5.41, 5.74) is 1.22. The molecule has 1 aliphatic rings. The minimum absolute atomic E-state index is 0.318. The molecule has 1 aromatic carbocycles. The number of benzene rings is 1. The molecule has 1 saturated heterocycles. The largest absolute Gasteiger partial charge is 0.490 e. The Kier molecular flexibility index (Phi) is 5.34. The molecule has 2 aromatic rings. The number of aromatic nitrogens is 1. The van der Waals surface area contributed by atoms with Crippen LogP contribution < -0.4 is 4.74 Å². The summed E-state index contributed by atoms with van der Waals surface area (Å²) < 4.78 is 6.03. The zero-order valence-electron chi connectivity index (χ0n) is 12.8. The van der Waals surface area contributed by atoms with Gasteiger partial charge in [-0.05, 0) is 44.0 Å². The molecule has 0 radical (unpaired) electrons. The van der Waals surface area contributed by atoms with Crippen molar-refractivity contribution in [3.8, 4) is 5.75 Å². The van der Waals surface area contributed by atoms with Gasteiger partial charge in [0.15, 0.2) is 0 Å². The highest BCUT2D eigenvalue weighted by molar-refractivity contribution is 7.09. The van der Waals surface area contributed by atoms with Crippen LogP contribution in [0.2, 0.25) is 5.02 Å². The minimum Gasteiger partial charge on any atom is -0.490 e. The van der Waals surface area contributed by atoms with E-state index in [0.29, 0.717) is 6.10 Å². The van der Waals surface area contributed by atoms with Gasteiger partial charge >= 0.3 is 0 Å². The molecule has 5 heteroatoms. The quantitative estimate of drug-likeness (QED) is 0.818. The number of rotatable bonds is 5. The molecule has 0 saturated carbocycles. The Labute approximate surface area is 140 Å². The predicted molar refractivity (Wildman–Crippen MR) is 92.1 cm³/mol. The summed E-state index contributed by atoms with van der Waals surface area (Å²) in [6.07, 6.45) is 3.53. The molecule has 2 heterocycles. The van der Waals surface area contributed by atoms with Crippen molar-refractivity contribution in [2.24, 2.45) is 0 Å². The van der Waals surface area contributed by atoms with E-state index < -0.39 is 0 Å². The van der Waals surface area contributed by atoms with Gasteiger partial charge in [0.2, 0.25) is 0 Å². The number of piperidine rings is 1. The van der Waals surface area contributed by atoms with E-state index in [0.717, 1.165) is 54.7 Å². The van der Waals surface area contributed by atoms with Crippen molar-refractivity contribution in [2.75, 3.05) is 19.6 Å². The number of halogens is 1. The van der Waals surface area contributed by atoms with E-state index in [-0.39, 0.29) is 0 Å². The lowest BCUT2D eigenvalue weighted by Gasteiger charge is -2.32. The Bertz CT molecular complexity index is 591. The van der Waals surface area contributed by atoms with Gasteiger partial charge in [0.1, 0.15) is 11.9 Å². The highest BCUT2D eigenvalue weighted by Gasteiger charge is 2.20. The Morgan fingerprint density at radius 3 is 2.64 bits per heavy atom. The van der Waals surface area contributed by atoms with E-state index in [4.69, 9.17) is 16.3 Å². The lowest BCUT2D eigenvalue weighted by atomic mass is 10.1. The molecule has 3 nitrogen and oxygen atoms in total. The van der Waals surface area contributed by atoms with Gasteiger partial charge in [-0.2, -0.15) is 0 Å². The average molecular weight is 337 g/mol. The van der Waals surface area contributed by atoms with E-state index in [2.05, 4.69) is 22.2 Å². The summed E-state index contributed by atoms with van der Waals surface area (Å²) in [6.45, 7) is 5.35. The number of ether oxygens (including phenoxy) is 1. The van der Waals surface area contributed by atoms with E-state index in [9.17, 15) is 0 Å². The third kappa shape index (κ3) is 4.45. The maximum absolute atomic E-state index is 6.03. The second kappa shape index (κ2) is 7.44. The fraction of sp³-hybridized carbons (Fsp3) is 0.471. The maximum atomic E-state index is 6.03. The van der Waals surface area contributed by atoms with Crippen molar-refractivity contribution in [3.63, 3.8) is 0 Å². The monoisotopic (exact) mass is 336 g/mol. The zero-order valence-corrected chi connectivity index (χ0v) is 14.4. The second-order valence-electron chi connectivity index (χ2n) is 5.72. The van der Waals surface area contributed by atoms with Gasteiger partial charge in [-0.3, -0.25) is 0 Å². The molecule has 0 atom stereocenters. The Morgan fingerprint density at radius 1 is 1.27 bits per heavy atom. The van der Waals surface area contributed by atoms with Crippen LogP contribution in [0, 0.1) is 6.92 Å². The van der Waals surface area contributed by atoms with Gasteiger partial charge in [0.25, 0.3) is 0 Å². The summed E-state index contributed by atoms with van der Waals surface area (Å²) in [6, 6.07) is 7.64. The molecule has 22 heavy (non-hydrogen) atoms.